The monoisotopic (exact) mass is 620 g/mol. The van der Waals surface area contributed by atoms with Gasteiger partial charge in [0.15, 0.2) is 7.14 Å². The minimum Gasteiger partial charge on any atom is -0.308 e. The third-order valence-electron chi connectivity index (χ3n) is 9.18. The zero-order valence-electron chi connectivity index (χ0n) is 25.5. The first-order chi connectivity index (χ1) is 23.2. The minimum absolute atomic E-state index is 0.817. The number of fused-ring (bicyclic) bond motifs is 2. The van der Waals surface area contributed by atoms with Gasteiger partial charge in [0.05, 0.1) is 22.0 Å². The fourth-order valence-electron chi connectivity index (χ4n) is 7.06. The smallest absolute Gasteiger partial charge is 0.175 e. The first-order valence-electron chi connectivity index (χ1n) is 15.8. The zero-order chi connectivity index (χ0) is 31.4. The summed E-state index contributed by atoms with van der Waals surface area (Å²) in [5.41, 5.74) is 10.1. The van der Waals surface area contributed by atoms with E-state index in [4.69, 9.17) is 4.98 Å². The van der Waals surface area contributed by atoms with Gasteiger partial charge in [0.1, 0.15) is 5.82 Å². The van der Waals surface area contributed by atoms with Crippen LogP contribution in [0.4, 0.5) is 0 Å². The van der Waals surface area contributed by atoms with E-state index in [2.05, 4.69) is 102 Å². The molecule has 0 aliphatic carbocycles. The van der Waals surface area contributed by atoms with E-state index >= 15 is 4.57 Å². The van der Waals surface area contributed by atoms with Crippen molar-refractivity contribution in [1.82, 2.24) is 9.55 Å². The summed E-state index contributed by atoms with van der Waals surface area (Å²) in [6.07, 6.45) is 0. The lowest BCUT2D eigenvalue weighted by atomic mass is 9.93. The number of para-hydroxylation sites is 1. The third kappa shape index (κ3) is 4.35. The van der Waals surface area contributed by atoms with Gasteiger partial charge in [-0.15, -0.1) is 0 Å². The van der Waals surface area contributed by atoms with Crippen molar-refractivity contribution >= 4 is 34.1 Å². The summed E-state index contributed by atoms with van der Waals surface area (Å²) >= 11 is 0. The summed E-state index contributed by atoms with van der Waals surface area (Å²) in [6, 6.07) is 60.4. The van der Waals surface area contributed by atoms with Crippen LogP contribution in [0.5, 0.6) is 0 Å². The standard InChI is InChI=1S/C43H29N2OP/c46-47(36-21-11-4-12-22-36)40-26-14-24-38-41(40)45(43(44-38)32-19-9-3-10-20-32)39-25-13-23-37(42(39)47)35-28-33(30-15-5-1-6-16-30)27-34(29-35)31-17-7-2-8-18-31/h1-29H. The Morgan fingerprint density at radius 1 is 0.468 bits per heavy atom. The molecule has 0 amide bonds. The molecule has 1 aliphatic rings. The number of hydrogen-bond acceptors (Lipinski definition) is 2. The molecule has 0 saturated heterocycles. The van der Waals surface area contributed by atoms with Crippen molar-refractivity contribution in [3.05, 3.63) is 176 Å². The third-order valence-corrected chi connectivity index (χ3v) is 12.3. The van der Waals surface area contributed by atoms with Crippen molar-refractivity contribution in [2.24, 2.45) is 0 Å². The second kappa shape index (κ2) is 10.9. The predicted octanol–water partition coefficient (Wildman–Crippen LogP) is 9.65. The number of benzene rings is 7. The average Bonchev–Trinajstić information content (AvgIpc) is 3.55. The van der Waals surface area contributed by atoms with Crippen LogP contribution in [0.1, 0.15) is 0 Å². The molecule has 1 unspecified atom stereocenters. The molecule has 1 aromatic heterocycles. The first-order valence-corrected chi connectivity index (χ1v) is 17.5. The SMILES string of the molecule is O=P1(c2ccccc2)c2c(-c3cc(-c4ccccc4)cc(-c4ccccc4)c3)cccc2-n2c(-c3ccccc3)nc3cccc1c32. The van der Waals surface area contributed by atoms with Crippen LogP contribution >= 0.6 is 7.14 Å². The molecule has 0 fully saturated rings. The number of rotatable bonds is 5. The van der Waals surface area contributed by atoms with Gasteiger partial charge in [-0.25, -0.2) is 4.98 Å². The van der Waals surface area contributed by atoms with Crippen molar-refractivity contribution in [3.63, 3.8) is 0 Å². The van der Waals surface area contributed by atoms with Gasteiger partial charge >= 0.3 is 0 Å². The summed E-state index contributed by atoms with van der Waals surface area (Å²) in [5.74, 6) is 0.841. The predicted molar refractivity (Wildman–Crippen MR) is 196 cm³/mol. The molecule has 0 radical (unpaired) electrons. The molecule has 0 N–H and O–H groups in total. The lowest BCUT2D eigenvalue weighted by molar-refractivity contribution is 0.592. The normalized spacial score (nSPS) is 15.0. The highest BCUT2D eigenvalue weighted by Gasteiger charge is 2.41. The van der Waals surface area contributed by atoms with Crippen LogP contribution in [-0.2, 0) is 4.57 Å². The Balaban J connectivity index is 1.41. The zero-order valence-corrected chi connectivity index (χ0v) is 26.4. The van der Waals surface area contributed by atoms with Crippen LogP contribution in [0.3, 0.4) is 0 Å². The van der Waals surface area contributed by atoms with E-state index in [0.29, 0.717) is 0 Å². The summed E-state index contributed by atoms with van der Waals surface area (Å²) in [4.78, 5) is 5.16. The fourth-order valence-corrected chi connectivity index (χ4v) is 10.3. The second-order valence-corrected chi connectivity index (χ2v) is 14.6. The molecule has 2 heterocycles. The highest BCUT2D eigenvalue weighted by atomic mass is 31.2. The van der Waals surface area contributed by atoms with Crippen LogP contribution in [0.15, 0.2) is 176 Å². The molecule has 8 aromatic rings. The van der Waals surface area contributed by atoms with Gasteiger partial charge in [-0.05, 0) is 69.8 Å². The van der Waals surface area contributed by atoms with Crippen LogP contribution in [0, 0.1) is 0 Å². The molecule has 3 nitrogen and oxygen atoms in total. The quantitative estimate of drug-likeness (QED) is 0.180. The Bertz CT molecular complexity index is 2410. The number of nitrogens with zero attached hydrogens (tertiary/aromatic N) is 2. The maximum atomic E-state index is 16.3. The Kier molecular flexibility index (Phi) is 6.41. The van der Waals surface area contributed by atoms with Gasteiger partial charge < -0.3 is 4.57 Å². The van der Waals surface area contributed by atoms with Gasteiger partial charge in [-0.2, -0.15) is 0 Å². The Morgan fingerprint density at radius 3 is 1.62 bits per heavy atom. The van der Waals surface area contributed by atoms with Crippen molar-refractivity contribution in [1.29, 1.82) is 0 Å². The largest absolute Gasteiger partial charge is 0.308 e. The summed E-state index contributed by atoms with van der Waals surface area (Å²) in [5, 5.41) is 2.47. The molecular formula is C43H29N2OP. The number of aromatic nitrogens is 2. The molecule has 1 atom stereocenters. The molecule has 0 saturated carbocycles. The van der Waals surface area contributed by atoms with Crippen molar-refractivity contribution in [2.45, 2.75) is 0 Å². The average molecular weight is 621 g/mol. The molecule has 4 heteroatoms. The van der Waals surface area contributed by atoms with Crippen molar-refractivity contribution in [3.8, 4) is 50.5 Å². The van der Waals surface area contributed by atoms with E-state index in [9.17, 15) is 0 Å². The van der Waals surface area contributed by atoms with Crippen molar-refractivity contribution in [2.75, 3.05) is 0 Å². The number of hydrogen-bond donors (Lipinski definition) is 0. The molecule has 47 heavy (non-hydrogen) atoms. The fraction of sp³-hybridized carbons (Fsp3) is 0. The van der Waals surface area contributed by atoms with Crippen LogP contribution in [0.25, 0.3) is 61.5 Å². The van der Waals surface area contributed by atoms with Crippen LogP contribution < -0.4 is 15.9 Å². The molecule has 9 rings (SSSR count). The second-order valence-electron chi connectivity index (χ2n) is 11.9. The molecule has 222 valence electrons. The highest BCUT2D eigenvalue weighted by molar-refractivity contribution is 7.86. The lowest BCUT2D eigenvalue weighted by Gasteiger charge is -2.31. The minimum atomic E-state index is -3.38. The molecule has 0 spiro atoms. The maximum Gasteiger partial charge on any atom is 0.175 e. The molecular weight excluding hydrogens is 591 g/mol. The lowest BCUT2D eigenvalue weighted by Crippen LogP contribution is -2.34. The van der Waals surface area contributed by atoms with Gasteiger partial charge in [-0.3, -0.25) is 4.57 Å². The Morgan fingerprint density at radius 2 is 1.00 bits per heavy atom. The van der Waals surface area contributed by atoms with Crippen molar-refractivity contribution < 1.29 is 4.57 Å². The summed E-state index contributed by atoms with van der Waals surface area (Å²) in [6.45, 7) is 0. The molecule has 7 aromatic carbocycles. The number of imidazole rings is 1. The van der Waals surface area contributed by atoms with E-state index in [1.165, 1.54) is 0 Å². The Hall–Kier alpha value is -5.76. The van der Waals surface area contributed by atoms with E-state index in [-0.39, 0.29) is 0 Å². The Labute approximate surface area is 273 Å². The van der Waals surface area contributed by atoms with E-state index in [0.717, 1.165) is 77.4 Å². The highest BCUT2D eigenvalue weighted by Crippen LogP contribution is 2.52. The van der Waals surface area contributed by atoms with E-state index < -0.39 is 7.14 Å². The topological polar surface area (TPSA) is 34.9 Å². The van der Waals surface area contributed by atoms with Crippen LogP contribution in [0.2, 0.25) is 0 Å². The van der Waals surface area contributed by atoms with E-state index in [1.54, 1.807) is 0 Å². The summed E-state index contributed by atoms with van der Waals surface area (Å²) in [7, 11) is -3.38. The molecule has 1 aliphatic heterocycles. The van der Waals surface area contributed by atoms with Gasteiger partial charge in [0.2, 0.25) is 0 Å². The first kappa shape index (κ1) is 27.5. The summed E-state index contributed by atoms with van der Waals surface area (Å²) < 4.78 is 18.5. The van der Waals surface area contributed by atoms with Gasteiger partial charge in [0, 0.05) is 16.2 Å². The van der Waals surface area contributed by atoms with Gasteiger partial charge in [-0.1, -0.05) is 140 Å². The van der Waals surface area contributed by atoms with E-state index in [1.807, 2.05) is 78.9 Å². The van der Waals surface area contributed by atoms with Gasteiger partial charge in [0.25, 0.3) is 0 Å². The molecule has 0 bridgehead atoms. The van der Waals surface area contributed by atoms with Crippen LogP contribution in [-0.4, -0.2) is 9.55 Å². The maximum absolute atomic E-state index is 16.3.